The summed E-state index contributed by atoms with van der Waals surface area (Å²) in [6.07, 6.45) is 9.87. The highest BCUT2D eigenvalue weighted by Crippen LogP contribution is 2.34. The molecule has 9 nitrogen and oxygen atoms in total. The minimum Gasteiger partial charge on any atom is -0.378 e. The van der Waals surface area contributed by atoms with Crippen LogP contribution in [0.25, 0.3) is 0 Å². The minimum absolute atomic E-state index is 0.0159. The number of hydrogen-bond donors (Lipinski definition) is 6. The Bertz CT molecular complexity index is 724. The van der Waals surface area contributed by atoms with Gasteiger partial charge in [-0.1, -0.05) is 19.3 Å². The Labute approximate surface area is 201 Å². The monoisotopic (exact) mass is 465 g/mol. The van der Waals surface area contributed by atoms with E-state index in [-0.39, 0.29) is 36.1 Å². The SMILES string of the molecule is [2H]C([2H])(NC1CCCC(C(=O)N[C@@H]2CCOC3CCCCC32)C1)C1NNC(C2CCNCN2)N1C. The molecule has 1 amide bonds. The molecule has 33 heavy (non-hydrogen) atoms. The molecule has 0 aromatic heterocycles. The maximum atomic E-state index is 13.3. The molecule has 6 N–H and O–H groups in total. The van der Waals surface area contributed by atoms with Crippen molar-refractivity contribution in [2.75, 3.05) is 33.4 Å². The number of hydrazine groups is 1. The van der Waals surface area contributed by atoms with Crippen LogP contribution in [0, 0.1) is 11.8 Å². The molecular weight excluding hydrogens is 418 g/mol. The van der Waals surface area contributed by atoms with Crippen LogP contribution in [0.15, 0.2) is 0 Å². The van der Waals surface area contributed by atoms with Gasteiger partial charge in [-0.15, -0.1) is 0 Å². The molecule has 8 atom stereocenters. The van der Waals surface area contributed by atoms with Crippen molar-refractivity contribution >= 4 is 5.91 Å². The summed E-state index contributed by atoms with van der Waals surface area (Å²) < 4.78 is 23.7. The normalized spacial score (nSPS) is 43.9. The lowest BCUT2D eigenvalue weighted by Crippen LogP contribution is -2.58. The smallest absolute Gasteiger partial charge is 0.223 e. The molecule has 0 aromatic carbocycles. The molecule has 9 heteroatoms. The first-order valence-corrected chi connectivity index (χ1v) is 13.3. The topological polar surface area (TPSA) is 102 Å². The van der Waals surface area contributed by atoms with Crippen LogP contribution >= 0.6 is 0 Å². The standard InChI is InChI=1S/C24H45N7O2/c1-31-22(29-30-23(31)20-9-11-25-15-27-20)14-26-17-6-4-5-16(13-17)24(32)28-19-10-12-33-21-8-3-2-7-18(19)21/h16-23,25-27,29-30H,2-15H2,1H3,(H,28,32)/t16?,17?,18?,19-,20?,21?,22?,23?/m1/s1/i14D2. The Morgan fingerprint density at radius 3 is 2.91 bits per heavy atom. The number of hydrogen-bond acceptors (Lipinski definition) is 8. The maximum absolute atomic E-state index is 13.3. The van der Waals surface area contributed by atoms with Crippen molar-refractivity contribution < 1.29 is 12.3 Å². The summed E-state index contributed by atoms with van der Waals surface area (Å²) in [6.45, 7) is 0.834. The van der Waals surface area contributed by atoms with Crippen molar-refractivity contribution in [3.8, 4) is 0 Å². The number of ether oxygens (including phenoxy) is 1. The summed E-state index contributed by atoms with van der Waals surface area (Å²) in [5.41, 5.74) is 6.48. The first kappa shape index (κ1) is 21.5. The Kier molecular flexibility index (Phi) is 7.34. The van der Waals surface area contributed by atoms with Crippen LogP contribution in [0.2, 0.25) is 0 Å². The summed E-state index contributed by atoms with van der Waals surface area (Å²) in [5, 5.41) is 13.4. The molecule has 5 aliphatic rings. The maximum Gasteiger partial charge on any atom is 0.223 e. The molecule has 0 radical (unpaired) electrons. The van der Waals surface area contributed by atoms with Crippen LogP contribution in [-0.4, -0.2) is 80.7 Å². The zero-order chi connectivity index (χ0) is 24.4. The molecule has 2 aliphatic carbocycles. The third-order valence-electron chi connectivity index (χ3n) is 8.54. The van der Waals surface area contributed by atoms with Crippen LogP contribution in [0.4, 0.5) is 0 Å². The summed E-state index contributed by atoms with van der Waals surface area (Å²) in [5.74, 6) is 0.552. The number of rotatable bonds is 6. The van der Waals surface area contributed by atoms with Crippen molar-refractivity contribution in [3.63, 3.8) is 0 Å². The zero-order valence-corrected chi connectivity index (χ0v) is 20.1. The van der Waals surface area contributed by atoms with Crippen LogP contribution in [0.5, 0.6) is 0 Å². The van der Waals surface area contributed by atoms with Gasteiger partial charge in [0.1, 0.15) is 0 Å². The second kappa shape index (κ2) is 11.3. The molecule has 0 aromatic rings. The van der Waals surface area contributed by atoms with Crippen molar-refractivity contribution in [3.05, 3.63) is 0 Å². The van der Waals surface area contributed by atoms with Crippen LogP contribution in [-0.2, 0) is 9.53 Å². The predicted octanol–water partition coefficient (Wildman–Crippen LogP) is 0.200. The van der Waals surface area contributed by atoms with Crippen LogP contribution in [0.3, 0.4) is 0 Å². The Balaban J connectivity index is 1.14. The molecule has 3 heterocycles. The zero-order valence-electron chi connectivity index (χ0n) is 22.1. The molecule has 5 fully saturated rings. The average molecular weight is 466 g/mol. The third-order valence-corrected chi connectivity index (χ3v) is 8.54. The van der Waals surface area contributed by atoms with Crippen molar-refractivity contribution in [2.45, 2.75) is 101 Å². The van der Waals surface area contributed by atoms with Gasteiger partial charge in [0.25, 0.3) is 0 Å². The fourth-order valence-electron chi connectivity index (χ4n) is 6.56. The van der Waals surface area contributed by atoms with E-state index in [9.17, 15) is 4.79 Å². The quantitative estimate of drug-likeness (QED) is 0.331. The molecule has 3 aliphatic heterocycles. The lowest BCUT2D eigenvalue weighted by molar-refractivity contribution is -0.130. The second-order valence-electron chi connectivity index (χ2n) is 10.7. The molecule has 5 rings (SSSR count). The van der Waals surface area contributed by atoms with E-state index in [1.165, 1.54) is 12.8 Å². The van der Waals surface area contributed by atoms with E-state index in [1.54, 1.807) is 0 Å². The number of nitrogens with one attached hydrogen (secondary N) is 6. The average Bonchev–Trinajstić information content (AvgIpc) is 3.27. The first-order valence-electron chi connectivity index (χ1n) is 14.3. The van der Waals surface area contributed by atoms with E-state index in [0.29, 0.717) is 18.4 Å². The Hall–Kier alpha value is -0.810. The van der Waals surface area contributed by atoms with E-state index in [0.717, 1.165) is 64.8 Å². The van der Waals surface area contributed by atoms with Gasteiger partial charge in [-0.05, 0) is 58.5 Å². The minimum atomic E-state index is -1.64. The third kappa shape index (κ3) is 5.72. The van der Waals surface area contributed by atoms with E-state index in [2.05, 4.69) is 37.0 Å². The van der Waals surface area contributed by atoms with Gasteiger partial charge >= 0.3 is 0 Å². The second-order valence-corrected chi connectivity index (χ2v) is 10.7. The van der Waals surface area contributed by atoms with Crippen molar-refractivity contribution in [2.24, 2.45) is 11.8 Å². The van der Waals surface area contributed by atoms with E-state index in [4.69, 9.17) is 7.48 Å². The van der Waals surface area contributed by atoms with Gasteiger partial charge in [0, 0.05) is 52.5 Å². The number of nitrogens with zero attached hydrogens (tertiary/aromatic N) is 1. The summed E-state index contributed by atoms with van der Waals surface area (Å²) in [7, 11) is 1.97. The molecule has 0 bridgehead atoms. The number of amides is 1. The summed E-state index contributed by atoms with van der Waals surface area (Å²) in [4.78, 5) is 15.3. The number of carbonyl (C=O) groups excluding carboxylic acids is 1. The Morgan fingerprint density at radius 1 is 1.12 bits per heavy atom. The lowest BCUT2D eigenvalue weighted by Gasteiger charge is -2.42. The van der Waals surface area contributed by atoms with Crippen LogP contribution < -0.4 is 32.1 Å². The van der Waals surface area contributed by atoms with Crippen molar-refractivity contribution in [1.82, 2.24) is 37.0 Å². The molecule has 3 saturated heterocycles. The largest absolute Gasteiger partial charge is 0.378 e. The molecule has 188 valence electrons. The van der Waals surface area contributed by atoms with Gasteiger partial charge in [-0.2, -0.15) is 0 Å². The van der Waals surface area contributed by atoms with E-state index < -0.39 is 12.7 Å². The van der Waals surface area contributed by atoms with Crippen molar-refractivity contribution in [1.29, 1.82) is 0 Å². The first-order chi connectivity index (χ1) is 16.9. The predicted molar refractivity (Wildman–Crippen MR) is 128 cm³/mol. The van der Waals surface area contributed by atoms with Gasteiger partial charge in [0.2, 0.25) is 5.91 Å². The van der Waals surface area contributed by atoms with E-state index in [1.807, 2.05) is 7.05 Å². The summed E-state index contributed by atoms with van der Waals surface area (Å²) >= 11 is 0. The van der Waals surface area contributed by atoms with E-state index >= 15 is 0 Å². The molecule has 7 unspecified atom stereocenters. The van der Waals surface area contributed by atoms with Gasteiger partial charge in [-0.25, -0.2) is 10.9 Å². The highest BCUT2D eigenvalue weighted by molar-refractivity contribution is 5.79. The van der Waals surface area contributed by atoms with Gasteiger partial charge in [-0.3, -0.25) is 15.0 Å². The summed E-state index contributed by atoms with van der Waals surface area (Å²) in [6, 6.07) is 0.466. The number of fused-ring (bicyclic) bond motifs is 1. The highest BCUT2D eigenvalue weighted by Gasteiger charge is 2.39. The number of likely N-dealkylation sites (N-methyl/N-ethyl adjacent to an activating group) is 1. The molecule has 2 saturated carbocycles. The van der Waals surface area contributed by atoms with Crippen LogP contribution in [0.1, 0.15) is 66.9 Å². The lowest BCUT2D eigenvalue weighted by atomic mass is 9.78. The van der Waals surface area contributed by atoms with Gasteiger partial charge < -0.3 is 20.7 Å². The fraction of sp³-hybridized carbons (Fsp3) is 0.958. The Morgan fingerprint density at radius 2 is 2.03 bits per heavy atom. The fourth-order valence-corrected chi connectivity index (χ4v) is 6.56. The molecule has 0 spiro atoms. The van der Waals surface area contributed by atoms with Gasteiger partial charge in [0.05, 0.1) is 18.4 Å². The van der Waals surface area contributed by atoms with Gasteiger partial charge in [0.15, 0.2) is 0 Å². The number of carbonyl (C=O) groups is 1. The molecular formula is C24H45N7O2. The highest BCUT2D eigenvalue weighted by atomic mass is 16.5.